The fourth-order valence-electron chi connectivity index (χ4n) is 1.34. The van der Waals surface area contributed by atoms with Gasteiger partial charge in [0.05, 0.1) is 17.3 Å². The van der Waals surface area contributed by atoms with Crippen molar-refractivity contribution in [2.45, 2.75) is 17.9 Å². The summed E-state index contributed by atoms with van der Waals surface area (Å²) in [5, 5.41) is 9.27. The highest BCUT2D eigenvalue weighted by Crippen LogP contribution is 2.22. The molecule has 0 aliphatic rings. The number of nitriles is 1. The monoisotopic (exact) mass is 248 g/mol. The van der Waals surface area contributed by atoms with Gasteiger partial charge in [0.1, 0.15) is 12.1 Å². The molecule has 17 heavy (non-hydrogen) atoms. The lowest BCUT2D eigenvalue weighted by Gasteiger charge is -2.00. The Hall–Kier alpha value is -1.80. The number of aromatic nitrogens is 1. The largest absolute Gasteiger partial charge is 0.440 e. The van der Waals surface area contributed by atoms with Crippen molar-refractivity contribution in [2.75, 3.05) is 0 Å². The Labute approximate surface area is 102 Å². The topological polar surface area (TPSA) is 49.8 Å². The second kappa shape index (κ2) is 5.02. The molecule has 0 unspecified atom stereocenters. The molecule has 0 spiro atoms. The number of thioether (sulfide) groups is 1. The van der Waals surface area contributed by atoms with Gasteiger partial charge in [-0.2, -0.15) is 5.26 Å². The van der Waals surface area contributed by atoms with Crippen LogP contribution in [0.3, 0.4) is 0 Å². The molecule has 0 saturated heterocycles. The fraction of sp³-hybridized carbons (Fsp3) is 0.167. The number of aryl methyl sites for hydroxylation is 1. The average molecular weight is 248 g/mol. The zero-order chi connectivity index (χ0) is 12.3. The summed E-state index contributed by atoms with van der Waals surface area (Å²) in [7, 11) is 0. The van der Waals surface area contributed by atoms with Gasteiger partial charge in [0.2, 0.25) is 0 Å². The molecule has 0 radical (unpaired) electrons. The van der Waals surface area contributed by atoms with Gasteiger partial charge in [0.15, 0.2) is 0 Å². The number of nitrogens with zero attached hydrogens (tertiary/aromatic N) is 2. The molecule has 0 N–H and O–H groups in total. The lowest BCUT2D eigenvalue weighted by atomic mass is 10.1. The van der Waals surface area contributed by atoms with E-state index in [2.05, 4.69) is 4.98 Å². The molecule has 3 nitrogen and oxygen atoms in total. The van der Waals surface area contributed by atoms with Gasteiger partial charge >= 0.3 is 0 Å². The quantitative estimate of drug-likeness (QED) is 0.782. The van der Waals surface area contributed by atoms with E-state index in [1.54, 1.807) is 12.3 Å². The van der Waals surface area contributed by atoms with Crippen molar-refractivity contribution < 1.29 is 8.81 Å². The van der Waals surface area contributed by atoms with Crippen LogP contribution in [0.4, 0.5) is 4.39 Å². The molecule has 0 fully saturated rings. The molecule has 0 aliphatic carbocycles. The van der Waals surface area contributed by atoms with Gasteiger partial charge in [-0.15, -0.1) is 0 Å². The molecule has 1 heterocycles. The number of hydrogen-bond acceptors (Lipinski definition) is 4. The van der Waals surface area contributed by atoms with Gasteiger partial charge < -0.3 is 4.42 Å². The molecular formula is C12H9FN2OS. The summed E-state index contributed by atoms with van der Waals surface area (Å²) in [6, 6.07) is 6.20. The van der Waals surface area contributed by atoms with Crippen LogP contribution >= 0.6 is 11.8 Å². The molecular weight excluding hydrogens is 239 g/mol. The van der Waals surface area contributed by atoms with Crippen molar-refractivity contribution in [3.05, 3.63) is 47.1 Å². The van der Waals surface area contributed by atoms with Crippen molar-refractivity contribution >= 4 is 11.8 Å². The summed E-state index contributed by atoms with van der Waals surface area (Å²) < 4.78 is 18.3. The minimum Gasteiger partial charge on any atom is -0.440 e. The number of benzene rings is 1. The first-order chi connectivity index (χ1) is 8.17. The lowest BCUT2D eigenvalue weighted by Crippen LogP contribution is -1.86. The van der Waals surface area contributed by atoms with Crippen LogP contribution < -0.4 is 0 Å². The molecule has 0 saturated carbocycles. The van der Waals surface area contributed by atoms with Crippen LogP contribution in [-0.4, -0.2) is 4.98 Å². The van der Waals surface area contributed by atoms with E-state index in [9.17, 15) is 4.39 Å². The van der Waals surface area contributed by atoms with E-state index in [-0.39, 0.29) is 0 Å². The second-order valence-electron chi connectivity index (χ2n) is 3.50. The number of oxazole rings is 1. The van der Waals surface area contributed by atoms with Crippen molar-refractivity contribution in [1.29, 1.82) is 5.26 Å². The van der Waals surface area contributed by atoms with E-state index in [1.807, 2.05) is 13.0 Å². The van der Waals surface area contributed by atoms with Crippen LogP contribution in [0.5, 0.6) is 0 Å². The van der Waals surface area contributed by atoms with Crippen molar-refractivity contribution in [3.63, 3.8) is 0 Å². The van der Waals surface area contributed by atoms with Gasteiger partial charge in [0.25, 0.3) is 5.22 Å². The van der Waals surface area contributed by atoms with Gasteiger partial charge in [-0.1, -0.05) is 11.8 Å². The zero-order valence-electron chi connectivity index (χ0n) is 9.11. The maximum Gasteiger partial charge on any atom is 0.256 e. The van der Waals surface area contributed by atoms with E-state index < -0.39 is 5.82 Å². The van der Waals surface area contributed by atoms with Crippen molar-refractivity contribution in [1.82, 2.24) is 4.98 Å². The highest BCUT2D eigenvalue weighted by atomic mass is 32.2. The summed E-state index contributed by atoms with van der Waals surface area (Å²) in [5.74, 6) is 0.120. The van der Waals surface area contributed by atoms with Gasteiger partial charge in [-0.3, -0.25) is 0 Å². The maximum atomic E-state index is 13.1. The van der Waals surface area contributed by atoms with Gasteiger partial charge in [-0.05, 0) is 30.7 Å². The number of hydrogen-bond donors (Lipinski definition) is 0. The third kappa shape index (κ3) is 3.08. The normalized spacial score (nSPS) is 10.2. The standard InChI is InChI=1S/C12H9FN2OS/c1-8-6-16-12(15-8)17-7-10-2-9(5-14)3-11(13)4-10/h2-4,6H,7H2,1H3. The van der Waals surface area contributed by atoms with Crippen molar-refractivity contribution in [2.24, 2.45) is 0 Å². The molecule has 0 aliphatic heterocycles. The van der Waals surface area contributed by atoms with Crippen LogP contribution in [0.2, 0.25) is 0 Å². The molecule has 0 atom stereocenters. The molecule has 2 aromatic rings. The minimum absolute atomic E-state index is 0.323. The molecule has 86 valence electrons. The van der Waals surface area contributed by atoms with E-state index in [0.29, 0.717) is 16.5 Å². The predicted molar refractivity (Wildman–Crippen MR) is 61.9 cm³/mol. The molecule has 1 aromatic carbocycles. The Morgan fingerprint density at radius 2 is 2.29 bits per heavy atom. The van der Waals surface area contributed by atoms with Crippen molar-refractivity contribution in [3.8, 4) is 6.07 Å². The smallest absolute Gasteiger partial charge is 0.256 e. The highest BCUT2D eigenvalue weighted by Gasteiger charge is 2.05. The fourth-order valence-corrected chi connectivity index (χ4v) is 2.12. The lowest BCUT2D eigenvalue weighted by molar-refractivity contribution is 0.454. The second-order valence-corrected chi connectivity index (χ2v) is 4.43. The SMILES string of the molecule is Cc1coc(SCc2cc(F)cc(C#N)c2)n1. The first kappa shape index (κ1) is 11.7. The van der Waals surface area contributed by atoms with Crippen LogP contribution in [0.1, 0.15) is 16.8 Å². The predicted octanol–water partition coefficient (Wildman–Crippen LogP) is 3.29. The Kier molecular flexibility index (Phi) is 3.45. The molecule has 2 rings (SSSR count). The number of rotatable bonds is 3. The summed E-state index contributed by atoms with van der Waals surface area (Å²) in [6.07, 6.45) is 1.56. The summed E-state index contributed by atoms with van der Waals surface area (Å²) in [6.45, 7) is 1.84. The molecule has 5 heteroatoms. The Balaban J connectivity index is 2.09. The van der Waals surface area contributed by atoms with E-state index in [4.69, 9.17) is 9.68 Å². The Bertz CT molecular complexity index is 574. The highest BCUT2D eigenvalue weighted by molar-refractivity contribution is 7.98. The number of halogens is 1. The third-order valence-corrected chi connectivity index (χ3v) is 2.96. The Morgan fingerprint density at radius 1 is 1.47 bits per heavy atom. The van der Waals surface area contributed by atoms with Crippen LogP contribution in [0, 0.1) is 24.1 Å². The van der Waals surface area contributed by atoms with Crippen LogP contribution in [-0.2, 0) is 5.75 Å². The van der Waals surface area contributed by atoms with E-state index in [1.165, 1.54) is 23.9 Å². The first-order valence-corrected chi connectivity index (χ1v) is 5.90. The molecule has 0 amide bonds. The molecule has 1 aromatic heterocycles. The van der Waals surface area contributed by atoms with Gasteiger partial charge in [0, 0.05) is 5.75 Å². The summed E-state index contributed by atoms with van der Waals surface area (Å²) in [5.41, 5.74) is 1.87. The zero-order valence-corrected chi connectivity index (χ0v) is 9.92. The molecule has 0 bridgehead atoms. The van der Waals surface area contributed by atoms with Crippen LogP contribution in [0.15, 0.2) is 34.1 Å². The summed E-state index contributed by atoms with van der Waals surface area (Å²) in [4.78, 5) is 4.13. The summed E-state index contributed by atoms with van der Waals surface area (Å²) >= 11 is 1.37. The third-order valence-electron chi connectivity index (χ3n) is 2.05. The van der Waals surface area contributed by atoms with E-state index in [0.717, 1.165) is 11.3 Å². The average Bonchev–Trinajstić information content (AvgIpc) is 2.72. The first-order valence-electron chi connectivity index (χ1n) is 4.92. The van der Waals surface area contributed by atoms with Crippen LogP contribution in [0.25, 0.3) is 0 Å². The Morgan fingerprint density at radius 3 is 2.94 bits per heavy atom. The maximum absolute atomic E-state index is 13.1. The minimum atomic E-state index is -0.400. The van der Waals surface area contributed by atoms with Gasteiger partial charge in [-0.25, -0.2) is 9.37 Å². The van der Waals surface area contributed by atoms with E-state index >= 15 is 0 Å².